The van der Waals surface area contributed by atoms with Gasteiger partial charge in [0.2, 0.25) is 0 Å². The Morgan fingerprint density at radius 1 is 0.743 bits per heavy atom. The van der Waals surface area contributed by atoms with Gasteiger partial charge in [0.1, 0.15) is 6.17 Å². The van der Waals surface area contributed by atoms with Crippen LogP contribution in [-0.4, -0.2) is 5.71 Å². The SMILES string of the molecule is CC1=NC(c2ccc(-c3cccc4ccccc34)cc2)NC(c2ccccc2)=C1C1=CCCC=C1. The normalized spacial score (nSPS) is 17.7. The van der Waals surface area contributed by atoms with Crippen molar-refractivity contribution in [1.29, 1.82) is 0 Å². The molecule has 2 aliphatic rings. The Balaban J connectivity index is 1.37. The van der Waals surface area contributed by atoms with Crippen LogP contribution in [0.1, 0.15) is 37.1 Å². The fourth-order valence-electron chi connectivity index (χ4n) is 5.14. The Bertz CT molecular complexity index is 1500. The number of hydrogen-bond donors (Lipinski definition) is 1. The van der Waals surface area contributed by atoms with Gasteiger partial charge in [-0.1, -0.05) is 115 Å². The van der Waals surface area contributed by atoms with Crippen LogP contribution in [0.5, 0.6) is 0 Å². The molecule has 0 fully saturated rings. The van der Waals surface area contributed by atoms with E-state index in [0.717, 1.165) is 29.8 Å². The molecule has 4 aromatic carbocycles. The molecule has 1 unspecified atom stereocenters. The van der Waals surface area contributed by atoms with E-state index < -0.39 is 0 Å². The third kappa shape index (κ3) is 4.13. The number of rotatable bonds is 4. The smallest absolute Gasteiger partial charge is 0.145 e. The van der Waals surface area contributed by atoms with Gasteiger partial charge in [0.25, 0.3) is 0 Å². The van der Waals surface area contributed by atoms with Gasteiger partial charge in [0.15, 0.2) is 0 Å². The highest BCUT2D eigenvalue weighted by Crippen LogP contribution is 2.35. The first-order valence-electron chi connectivity index (χ1n) is 12.3. The van der Waals surface area contributed by atoms with Gasteiger partial charge in [0, 0.05) is 11.3 Å². The minimum absolute atomic E-state index is 0.122. The van der Waals surface area contributed by atoms with Gasteiger partial charge in [-0.05, 0) is 58.4 Å². The summed E-state index contributed by atoms with van der Waals surface area (Å²) in [6, 6.07) is 34.5. The second-order valence-electron chi connectivity index (χ2n) is 9.17. The molecule has 0 radical (unpaired) electrons. The quantitative estimate of drug-likeness (QED) is 0.331. The lowest BCUT2D eigenvalue weighted by atomic mass is 9.90. The summed E-state index contributed by atoms with van der Waals surface area (Å²) < 4.78 is 0. The maximum atomic E-state index is 5.11. The topological polar surface area (TPSA) is 24.4 Å². The molecule has 1 aliphatic heterocycles. The van der Waals surface area contributed by atoms with Crippen molar-refractivity contribution in [3.05, 3.63) is 138 Å². The molecule has 1 aliphatic carbocycles. The molecular weight excluding hydrogens is 424 g/mol. The van der Waals surface area contributed by atoms with Crippen LogP contribution in [0.4, 0.5) is 0 Å². The molecule has 170 valence electrons. The Kier molecular flexibility index (Phi) is 5.64. The summed E-state index contributed by atoms with van der Waals surface area (Å²) in [6.45, 7) is 2.14. The van der Waals surface area contributed by atoms with Crippen LogP contribution in [0.3, 0.4) is 0 Å². The molecule has 0 saturated carbocycles. The number of fused-ring (bicyclic) bond motifs is 1. The Morgan fingerprint density at radius 2 is 1.51 bits per heavy atom. The van der Waals surface area contributed by atoms with Gasteiger partial charge in [-0.2, -0.15) is 0 Å². The zero-order valence-electron chi connectivity index (χ0n) is 19.9. The van der Waals surface area contributed by atoms with Crippen LogP contribution in [0.25, 0.3) is 27.6 Å². The van der Waals surface area contributed by atoms with Gasteiger partial charge >= 0.3 is 0 Å². The van der Waals surface area contributed by atoms with E-state index in [2.05, 4.69) is 128 Å². The molecule has 2 nitrogen and oxygen atoms in total. The molecule has 1 N–H and O–H groups in total. The van der Waals surface area contributed by atoms with Crippen molar-refractivity contribution in [2.75, 3.05) is 0 Å². The number of nitrogens with zero attached hydrogens (tertiary/aromatic N) is 1. The van der Waals surface area contributed by atoms with E-state index in [1.54, 1.807) is 0 Å². The summed E-state index contributed by atoms with van der Waals surface area (Å²) in [5.74, 6) is 0. The maximum Gasteiger partial charge on any atom is 0.145 e. The van der Waals surface area contributed by atoms with E-state index in [9.17, 15) is 0 Å². The Labute approximate surface area is 207 Å². The number of aliphatic imine (C=N–C) groups is 1. The number of allylic oxidation sites excluding steroid dienone is 5. The first kappa shape index (κ1) is 21.4. The van der Waals surface area contributed by atoms with Gasteiger partial charge in [0.05, 0.1) is 5.70 Å². The summed E-state index contributed by atoms with van der Waals surface area (Å²) in [5, 5.41) is 6.31. The Hall–Kier alpha value is -4.17. The summed E-state index contributed by atoms with van der Waals surface area (Å²) in [6.07, 6.45) is 8.89. The monoisotopic (exact) mass is 452 g/mol. The summed E-state index contributed by atoms with van der Waals surface area (Å²) >= 11 is 0. The molecule has 1 heterocycles. The van der Waals surface area contributed by atoms with Crippen LogP contribution < -0.4 is 5.32 Å². The van der Waals surface area contributed by atoms with Crippen molar-refractivity contribution in [3.8, 4) is 11.1 Å². The van der Waals surface area contributed by atoms with Crippen LogP contribution in [-0.2, 0) is 0 Å². The molecule has 0 amide bonds. The third-order valence-electron chi connectivity index (χ3n) is 6.89. The molecule has 0 spiro atoms. The first-order valence-corrected chi connectivity index (χ1v) is 12.3. The fraction of sp³-hybridized carbons (Fsp3) is 0.121. The van der Waals surface area contributed by atoms with E-state index in [1.807, 2.05) is 0 Å². The second kappa shape index (κ2) is 9.23. The van der Waals surface area contributed by atoms with Crippen LogP contribution >= 0.6 is 0 Å². The summed E-state index contributed by atoms with van der Waals surface area (Å²) in [7, 11) is 0. The van der Waals surface area contributed by atoms with Crippen molar-refractivity contribution in [1.82, 2.24) is 5.32 Å². The van der Waals surface area contributed by atoms with Crippen molar-refractivity contribution in [2.45, 2.75) is 25.9 Å². The molecule has 2 heteroatoms. The zero-order valence-corrected chi connectivity index (χ0v) is 19.9. The Morgan fingerprint density at radius 3 is 2.31 bits per heavy atom. The number of nitrogens with one attached hydrogen (secondary N) is 1. The summed E-state index contributed by atoms with van der Waals surface area (Å²) in [4.78, 5) is 5.11. The molecule has 4 aromatic rings. The lowest BCUT2D eigenvalue weighted by Crippen LogP contribution is -2.27. The van der Waals surface area contributed by atoms with Gasteiger partial charge in [-0.15, -0.1) is 0 Å². The van der Waals surface area contributed by atoms with Crippen molar-refractivity contribution >= 4 is 22.2 Å². The fourth-order valence-corrected chi connectivity index (χ4v) is 5.14. The summed E-state index contributed by atoms with van der Waals surface area (Å²) in [5.41, 5.74) is 9.52. The molecule has 1 atom stereocenters. The average Bonchev–Trinajstić information content (AvgIpc) is 2.93. The van der Waals surface area contributed by atoms with E-state index in [0.29, 0.717) is 0 Å². The first-order chi connectivity index (χ1) is 17.3. The van der Waals surface area contributed by atoms with E-state index in [4.69, 9.17) is 4.99 Å². The standard InChI is InChI=1S/C33H28N2/c1-23-31(26-12-4-2-5-13-26)32(27-14-6-3-7-15-27)35-33(34-23)28-21-19-25(20-22-28)30-18-10-16-24-11-8-9-17-29(24)30/h3-4,6-22,33,35H,2,5H2,1H3. The lowest BCUT2D eigenvalue weighted by molar-refractivity contribution is 0.660. The predicted octanol–water partition coefficient (Wildman–Crippen LogP) is 8.26. The molecule has 6 rings (SSSR count). The van der Waals surface area contributed by atoms with Gasteiger partial charge in [-0.25, -0.2) is 0 Å². The third-order valence-corrected chi connectivity index (χ3v) is 6.89. The molecule has 0 aromatic heterocycles. The largest absolute Gasteiger partial charge is 0.359 e. The van der Waals surface area contributed by atoms with Crippen LogP contribution in [0.15, 0.2) is 131 Å². The van der Waals surface area contributed by atoms with E-state index in [1.165, 1.54) is 38.6 Å². The van der Waals surface area contributed by atoms with Gasteiger partial charge in [-0.3, -0.25) is 4.99 Å². The van der Waals surface area contributed by atoms with Crippen molar-refractivity contribution in [3.63, 3.8) is 0 Å². The molecule has 35 heavy (non-hydrogen) atoms. The van der Waals surface area contributed by atoms with E-state index >= 15 is 0 Å². The zero-order chi connectivity index (χ0) is 23.6. The highest BCUT2D eigenvalue weighted by Gasteiger charge is 2.25. The van der Waals surface area contributed by atoms with Crippen LogP contribution in [0, 0.1) is 0 Å². The number of benzene rings is 4. The van der Waals surface area contributed by atoms with Gasteiger partial charge < -0.3 is 5.32 Å². The van der Waals surface area contributed by atoms with Crippen molar-refractivity contribution < 1.29 is 0 Å². The molecule has 0 bridgehead atoms. The van der Waals surface area contributed by atoms with E-state index in [-0.39, 0.29) is 6.17 Å². The van der Waals surface area contributed by atoms with Crippen molar-refractivity contribution in [2.24, 2.45) is 4.99 Å². The molecule has 0 saturated heterocycles. The minimum atomic E-state index is -0.122. The second-order valence-corrected chi connectivity index (χ2v) is 9.17. The lowest BCUT2D eigenvalue weighted by Gasteiger charge is -2.29. The average molecular weight is 453 g/mol. The molecular formula is C33H28N2. The maximum absolute atomic E-state index is 5.11. The predicted molar refractivity (Wildman–Crippen MR) is 148 cm³/mol. The highest BCUT2D eigenvalue weighted by molar-refractivity contribution is 6.10. The highest BCUT2D eigenvalue weighted by atomic mass is 15.1. The van der Waals surface area contributed by atoms with Crippen LogP contribution in [0.2, 0.25) is 0 Å². The minimum Gasteiger partial charge on any atom is -0.359 e. The number of hydrogen-bond acceptors (Lipinski definition) is 2.